The van der Waals surface area contributed by atoms with Gasteiger partial charge in [0.25, 0.3) is 0 Å². The van der Waals surface area contributed by atoms with Crippen molar-refractivity contribution in [2.45, 2.75) is 26.4 Å². The van der Waals surface area contributed by atoms with Gasteiger partial charge in [-0.2, -0.15) is 0 Å². The third kappa shape index (κ3) is 3.40. The molecule has 1 rings (SSSR count). The highest BCUT2D eigenvalue weighted by atomic mass is 79.9. The molecule has 0 saturated carbocycles. The van der Waals surface area contributed by atoms with Crippen molar-refractivity contribution < 1.29 is 0 Å². The maximum absolute atomic E-state index is 5.52. The van der Waals surface area contributed by atoms with Crippen LogP contribution < -0.4 is 11.1 Å². The lowest BCUT2D eigenvalue weighted by atomic mass is 10.1. The molecule has 0 aromatic heterocycles. The average Bonchev–Trinajstić information content (AvgIpc) is 2.19. The van der Waals surface area contributed by atoms with Crippen LogP contribution in [0.5, 0.6) is 0 Å². The highest BCUT2D eigenvalue weighted by molar-refractivity contribution is 9.10. The first-order valence-corrected chi connectivity index (χ1v) is 5.61. The predicted molar refractivity (Wildman–Crippen MR) is 64.2 cm³/mol. The number of hydrogen-bond donors (Lipinski definition) is 2. The Labute approximate surface area is 94.0 Å². The van der Waals surface area contributed by atoms with Gasteiger partial charge in [0.2, 0.25) is 0 Å². The molecule has 1 atom stereocenters. The fourth-order valence-corrected chi connectivity index (χ4v) is 1.55. The number of nitrogens with one attached hydrogen (secondary N) is 1. The summed E-state index contributed by atoms with van der Waals surface area (Å²) in [4.78, 5) is 0. The van der Waals surface area contributed by atoms with Crippen LogP contribution in [0.1, 0.15) is 18.1 Å². The molecule has 3 N–H and O–H groups in total. The Morgan fingerprint density at radius 3 is 2.79 bits per heavy atom. The Bertz CT molecular complexity index is 299. The molecule has 0 saturated heterocycles. The SMILES string of the molecule is Cc1ccc(CNC(C)CN)cc1Br. The first-order chi connectivity index (χ1) is 6.63. The van der Waals surface area contributed by atoms with E-state index < -0.39 is 0 Å². The van der Waals surface area contributed by atoms with E-state index in [2.05, 4.69) is 53.3 Å². The second kappa shape index (κ2) is 5.49. The van der Waals surface area contributed by atoms with E-state index in [1.54, 1.807) is 0 Å². The molecule has 14 heavy (non-hydrogen) atoms. The number of halogens is 1. The van der Waals surface area contributed by atoms with E-state index in [0.29, 0.717) is 12.6 Å². The number of rotatable bonds is 4. The van der Waals surface area contributed by atoms with Gasteiger partial charge in [-0.1, -0.05) is 28.1 Å². The number of nitrogens with two attached hydrogens (primary N) is 1. The van der Waals surface area contributed by atoms with E-state index in [1.165, 1.54) is 11.1 Å². The van der Waals surface area contributed by atoms with E-state index in [4.69, 9.17) is 5.73 Å². The van der Waals surface area contributed by atoms with Crippen molar-refractivity contribution in [2.24, 2.45) is 5.73 Å². The Morgan fingerprint density at radius 1 is 1.50 bits per heavy atom. The summed E-state index contributed by atoms with van der Waals surface area (Å²) < 4.78 is 1.16. The van der Waals surface area contributed by atoms with Crippen LogP contribution in [0, 0.1) is 6.92 Å². The van der Waals surface area contributed by atoms with E-state index in [0.717, 1.165) is 11.0 Å². The molecule has 0 aliphatic heterocycles. The minimum absolute atomic E-state index is 0.370. The van der Waals surface area contributed by atoms with Gasteiger partial charge in [-0.05, 0) is 31.0 Å². The van der Waals surface area contributed by atoms with Crippen LogP contribution in [0.15, 0.2) is 22.7 Å². The molecule has 0 amide bonds. The topological polar surface area (TPSA) is 38.0 Å². The zero-order chi connectivity index (χ0) is 10.6. The molecule has 3 heteroatoms. The van der Waals surface area contributed by atoms with Crippen LogP contribution in [0.3, 0.4) is 0 Å². The molecular formula is C11H17BrN2. The predicted octanol–water partition coefficient (Wildman–Crippen LogP) is 2.19. The van der Waals surface area contributed by atoms with Gasteiger partial charge in [0, 0.05) is 23.6 Å². The molecule has 0 bridgehead atoms. The second-order valence-corrected chi connectivity index (χ2v) is 4.46. The fraction of sp³-hybridized carbons (Fsp3) is 0.455. The monoisotopic (exact) mass is 256 g/mol. The minimum Gasteiger partial charge on any atom is -0.329 e. The van der Waals surface area contributed by atoms with Crippen LogP contribution in [0.2, 0.25) is 0 Å². The van der Waals surface area contributed by atoms with Gasteiger partial charge in [0.1, 0.15) is 0 Å². The summed E-state index contributed by atoms with van der Waals surface area (Å²) in [7, 11) is 0. The quantitative estimate of drug-likeness (QED) is 0.867. The van der Waals surface area contributed by atoms with Crippen LogP contribution in [0.4, 0.5) is 0 Å². The van der Waals surface area contributed by atoms with Gasteiger partial charge in [-0.25, -0.2) is 0 Å². The largest absolute Gasteiger partial charge is 0.329 e. The summed E-state index contributed by atoms with van der Waals surface area (Å²) in [6.45, 7) is 5.72. The van der Waals surface area contributed by atoms with Crippen molar-refractivity contribution in [2.75, 3.05) is 6.54 Å². The standard InChI is InChI=1S/C11H17BrN2/c1-8-3-4-10(5-11(8)12)7-14-9(2)6-13/h3-5,9,14H,6-7,13H2,1-2H3. The van der Waals surface area contributed by atoms with Gasteiger partial charge in [0.15, 0.2) is 0 Å². The highest BCUT2D eigenvalue weighted by Gasteiger charge is 2.00. The van der Waals surface area contributed by atoms with E-state index in [-0.39, 0.29) is 0 Å². The molecule has 0 aliphatic carbocycles. The molecule has 0 fully saturated rings. The van der Waals surface area contributed by atoms with Gasteiger partial charge < -0.3 is 11.1 Å². The molecule has 1 aromatic carbocycles. The number of aryl methyl sites for hydroxylation is 1. The van der Waals surface area contributed by atoms with E-state index in [9.17, 15) is 0 Å². The maximum Gasteiger partial charge on any atom is 0.0208 e. The lowest BCUT2D eigenvalue weighted by Crippen LogP contribution is -2.32. The molecule has 2 nitrogen and oxygen atoms in total. The fourth-order valence-electron chi connectivity index (χ4n) is 1.12. The zero-order valence-electron chi connectivity index (χ0n) is 8.68. The van der Waals surface area contributed by atoms with Gasteiger partial charge >= 0.3 is 0 Å². The summed E-state index contributed by atoms with van der Waals surface area (Å²) in [5.74, 6) is 0. The molecule has 0 radical (unpaired) electrons. The highest BCUT2D eigenvalue weighted by Crippen LogP contribution is 2.17. The lowest BCUT2D eigenvalue weighted by molar-refractivity contribution is 0.556. The smallest absolute Gasteiger partial charge is 0.0208 e. The third-order valence-corrected chi connectivity index (χ3v) is 3.10. The average molecular weight is 257 g/mol. The zero-order valence-corrected chi connectivity index (χ0v) is 10.3. The van der Waals surface area contributed by atoms with Crippen LogP contribution in [-0.2, 0) is 6.54 Å². The molecule has 0 aliphatic rings. The molecule has 1 aromatic rings. The molecule has 1 unspecified atom stereocenters. The van der Waals surface area contributed by atoms with Crippen molar-refractivity contribution >= 4 is 15.9 Å². The molecular weight excluding hydrogens is 240 g/mol. The Kier molecular flexibility index (Phi) is 4.58. The van der Waals surface area contributed by atoms with Gasteiger partial charge in [0.05, 0.1) is 0 Å². The minimum atomic E-state index is 0.370. The van der Waals surface area contributed by atoms with Gasteiger partial charge in [-0.15, -0.1) is 0 Å². The maximum atomic E-state index is 5.52. The summed E-state index contributed by atoms with van der Waals surface area (Å²) in [5.41, 5.74) is 8.06. The molecule has 0 spiro atoms. The molecule has 0 heterocycles. The third-order valence-electron chi connectivity index (χ3n) is 2.24. The van der Waals surface area contributed by atoms with Crippen molar-refractivity contribution in [3.8, 4) is 0 Å². The van der Waals surface area contributed by atoms with Crippen LogP contribution in [0.25, 0.3) is 0 Å². The number of benzene rings is 1. The van der Waals surface area contributed by atoms with Crippen LogP contribution >= 0.6 is 15.9 Å². The summed E-state index contributed by atoms with van der Waals surface area (Å²) in [5, 5.41) is 3.35. The van der Waals surface area contributed by atoms with Crippen molar-refractivity contribution in [3.05, 3.63) is 33.8 Å². The summed E-state index contributed by atoms with van der Waals surface area (Å²) in [6.07, 6.45) is 0. The normalized spacial score (nSPS) is 12.9. The number of hydrogen-bond acceptors (Lipinski definition) is 2. The molecule has 78 valence electrons. The Morgan fingerprint density at radius 2 is 2.21 bits per heavy atom. The Hall–Kier alpha value is -0.380. The summed E-state index contributed by atoms with van der Waals surface area (Å²) >= 11 is 3.52. The van der Waals surface area contributed by atoms with Crippen molar-refractivity contribution in [1.29, 1.82) is 0 Å². The lowest BCUT2D eigenvalue weighted by Gasteiger charge is -2.11. The Balaban J connectivity index is 2.55. The first-order valence-electron chi connectivity index (χ1n) is 4.82. The van der Waals surface area contributed by atoms with E-state index >= 15 is 0 Å². The van der Waals surface area contributed by atoms with E-state index in [1.807, 2.05) is 0 Å². The summed E-state index contributed by atoms with van der Waals surface area (Å²) in [6, 6.07) is 6.77. The first kappa shape index (κ1) is 11.7. The second-order valence-electron chi connectivity index (χ2n) is 3.60. The van der Waals surface area contributed by atoms with Gasteiger partial charge in [-0.3, -0.25) is 0 Å². The van der Waals surface area contributed by atoms with Crippen LogP contribution in [-0.4, -0.2) is 12.6 Å². The van der Waals surface area contributed by atoms with Crippen molar-refractivity contribution in [3.63, 3.8) is 0 Å². The van der Waals surface area contributed by atoms with Crippen molar-refractivity contribution in [1.82, 2.24) is 5.32 Å².